The molecule has 0 saturated heterocycles. The molecular weight excluding hydrogens is 170 g/mol. The number of aliphatic hydroxyl groups is 1. The van der Waals surface area contributed by atoms with Crippen LogP contribution in [0.15, 0.2) is 0 Å². The Hall–Kier alpha value is 0.400. The topological polar surface area (TPSA) is 32.3 Å². The first-order valence-corrected chi connectivity index (χ1v) is 2.77. The number of hydrogen-bond donors (Lipinski definition) is 2. The van der Waals surface area contributed by atoms with Crippen LogP contribution in [-0.2, 0) is 0 Å². The lowest BCUT2D eigenvalue weighted by Crippen LogP contribution is -2.19. The lowest BCUT2D eigenvalue weighted by Gasteiger charge is -1.94. The molecule has 3 heteroatoms. The van der Waals surface area contributed by atoms with Crippen LogP contribution in [0.1, 0.15) is 12.8 Å². The van der Waals surface area contributed by atoms with E-state index >= 15 is 0 Å². The number of nitrogens with one attached hydrogen (secondary N) is 1. The van der Waals surface area contributed by atoms with Crippen molar-refractivity contribution in [1.29, 1.82) is 0 Å². The zero-order chi connectivity index (χ0) is 5.11. The smallest absolute Gasteiger partial charge is 0.0556 e. The summed E-state index contributed by atoms with van der Waals surface area (Å²) in [5.74, 6) is 0. The Labute approximate surface area is 60.0 Å². The second kappa shape index (κ2) is 4.30. The zero-order valence-electron chi connectivity index (χ0n) is 4.76. The number of hydrogen-bond acceptors (Lipinski definition) is 2. The summed E-state index contributed by atoms with van der Waals surface area (Å²) in [5.41, 5.74) is 0. The van der Waals surface area contributed by atoms with Gasteiger partial charge in [-0.15, -0.1) is 17.0 Å². The summed E-state index contributed by atoms with van der Waals surface area (Å²) in [6.07, 6.45) is 2.61. The fourth-order valence-electron chi connectivity index (χ4n) is 0.556. The van der Waals surface area contributed by atoms with E-state index in [9.17, 15) is 0 Å². The summed E-state index contributed by atoms with van der Waals surface area (Å²) >= 11 is 0. The normalized spacial score (nSPS) is 17.6. The van der Waals surface area contributed by atoms with E-state index in [1.807, 2.05) is 0 Å². The van der Waals surface area contributed by atoms with E-state index in [4.69, 9.17) is 5.11 Å². The van der Waals surface area contributed by atoms with Gasteiger partial charge in [0.15, 0.2) is 0 Å². The van der Waals surface area contributed by atoms with E-state index in [0.29, 0.717) is 0 Å². The fraction of sp³-hybridized carbons (Fsp3) is 1.00. The van der Waals surface area contributed by atoms with Crippen LogP contribution in [0.3, 0.4) is 0 Å². The third-order valence-electron chi connectivity index (χ3n) is 1.12. The van der Waals surface area contributed by atoms with Crippen molar-refractivity contribution in [2.75, 3.05) is 13.2 Å². The molecule has 0 aromatic carbocycles. The largest absolute Gasteiger partial charge is 0.395 e. The van der Waals surface area contributed by atoms with Crippen molar-refractivity contribution in [1.82, 2.24) is 5.32 Å². The first-order valence-electron chi connectivity index (χ1n) is 2.77. The van der Waals surface area contributed by atoms with Gasteiger partial charge in [0.2, 0.25) is 0 Å². The Kier molecular flexibility index (Phi) is 4.51. The average molecular weight is 182 g/mol. The van der Waals surface area contributed by atoms with E-state index in [1.165, 1.54) is 12.8 Å². The molecule has 0 aliphatic heterocycles. The number of aliphatic hydroxyl groups excluding tert-OH is 1. The van der Waals surface area contributed by atoms with Crippen LogP contribution in [0.25, 0.3) is 0 Å². The maximum atomic E-state index is 8.28. The van der Waals surface area contributed by atoms with Crippen molar-refractivity contribution in [3.05, 3.63) is 0 Å². The van der Waals surface area contributed by atoms with Gasteiger partial charge in [-0.3, -0.25) is 0 Å². The fourth-order valence-corrected chi connectivity index (χ4v) is 0.556. The van der Waals surface area contributed by atoms with Gasteiger partial charge in [-0.05, 0) is 12.8 Å². The molecule has 1 fully saturated rings. The van der Waals surface area contributed by atoms with Gasteiger partial charge in [0, 0.05) is 12.6 Å². The highest BCUT2D eigenvalue weighted by atomic mass is 79.9. The molecule has 0 aromatic rings. The molecule has 0 atom stereocenters. The Morgan fingerprint density at radius 2 is 2.12 bits per heavy atom. The van der Waals surface area contributed by atoms with Crippen LogP contribution >= 0.6 is 17.0 Å². The minimum Gasteiger partial charge on any atom is -0.395 e. The Bertz CT molecular complexity index is 56.4. The zero-order valence-corrected chi connectivity index (χ0v) is 6.47. The summed E-state index contributed by atoms with van der Waals surface area (Å²) < 4.78 is 0. The molecule has 0 spiro atoms. The predicted molar refractivity (Wildman–Crippen MR) is 38.4 cm³/mol. The Morgan fingerprint density at radius 3 is 2.50 bits per heavy atom. The van der Waals surface area contributed by atoms with E-state index < -0.39 is 0 Å². The molecule has 50 valence electrons. The molecule has 0 heterocycles. The summed E-state index contributed by atoms with van der Waals surface area (Å²) in [6.45, 7) is 1.04. The minimum absolute atomic E-state index is 0. The molecule has 2 nitrogen and oxygen atoms in total. The molecule has 0 amide bonds. The van der Waals surface area contributed by atoms with Crippen molar-refractivity contribution in [2.45, 2.75) is 18.9 Å². The summed E-state index contributed by atoms with van der Waals surface area (Å²) in [6, 6.07) is 0.743. The van der Waals surface area contributed by atoms with Crippen molar-refractivity contribution >= 4 is 17.0 Å². The third kappa shape index (κ3) is 3.41. The van der Waals surface area contributed by atoms with E-state index in [0.717, 1.165) is 12.6 Å². The standard InChI is InChI=1S/C5H11NO.BrH/c7-4-3-6-5-1-2-5;/h5-7H,1-4H2;1H. The van der Waals surface area contributed by atoms with E-state index in [1.54, 1.807) is 0 Å². The molecule has 1 aliphatic carbocycles. The minimum atomic E-state index is 0. The molecule has 1 saturated carbocycles. The van der Waals surface area contributed by atoms with Gasteiger partial charge in [-0.1, -0.05) is 0 Å². The van der Waals surface area contributed by atoms with Crippen molar-refractivity contribution in [2.24, 2.45) is 0 Å². The second-order valence-electron chi connectivity index (χ2n) is 1.95. The van der Waals surface area contributed by atoms with E-state index in [-0.39, 0.29) is 23.6 Å². The summed E-state index contributed by atoms with van der Waals surface area (Å²) in [4.78, 5) is 0. The highest BCUT2D eigenvalue weighted by molar-refractivity contribution is 8.93. The van der Waals surface area contributed by atoms with Gasteiger partial charge in [-0.25, -0.2) is 0 Å². The molecule has 1 aliphatic rings. The molecule has 8 heavy (non-hydrogen) atoms. The van der Waals surface area contributed by atoms with Crippen LogP contribution < -0.4 is 5.32 Å². The molecular formula is C5H12BrNO. The van der Waals surface area contributed by atoms with Crippen LogP contribution in [0.2, 0.25) is 0 Å². The van der Waals surface area contributed by atoms with Crippen molar-refractivity contribution in [3.8, 4) is 0 Å². The lowest BCUT2D eigenvalue weighted by molar-refractivity contribution is 0.291. The first-order chi connectivity index (χ1) is 3.43. The van der Waals surface area contributed by atoms with Gasteiger partial charge in [0.25, 0.3) is 0 Å². The van der Waals surface area contributed by atoms with Gasteiger partial charge >= 0.3 is 0 Å². The summed E-state index contributed by atoms with van der Waals surface area (Å²) in [5, 5.41) is 11.4. The van der Waals surface area contributed by atoms with E-state index in [2.05, 4.69) is 5.32 Å². The molecule has 0 radical (unpaired) electrons. The van der Waals surface area contributed by atoms with Gasteiger partial charge in [-0.2, -0.15) is 0 Å². The highest BCUT2D eigenvalue weighted by Gasteiger charge is 2.19. The van der Waals surface area contributed by atoms with Gasteiger partial charge in [0.05, 0.1) is 6.61 Å². The SMILES string of the molecule is Br.OCCNC1CC1. The lowest BCUT2D eigenvalue weighted by atomic mass is 10.6. The molecule has 0 unspecified atom stereocenters. The van der Waals surface area contributed by atoms with Crippen LogP contribution in [-0.4, -0.2) is 24.3 Å². The third-order valence-corrected chi connectivity index (χ3v) is 1.12. The van der Waals surface area contributed by atoms with Crippen LogP contribution in [0, 0.1) is 0 Å². The maximum absolute atomic E-state index is 8.28. The first kappa shape index (κ1) is 8.40. The average Bonchev–Trinajstić information content (AvgIpc) is 2.42. The van der Waals surface area contributed by atoms with Crippen molar-refractivity contribution < 1.29 is 5.11 Å². The monoisotopic (exact) mass is 181 g/mol. The highest BCUT2D eigenvalue weighted by Crippen LogP contribution is 2.17. The number of halogens is 1. The quantitative estimate of drug-likeness (QED) is 0.658. The molecule has 0 aromatic heterocycles. The molecule has 0 bridgehead atoms. The predicted octanol–water partition coefficient (Wildman–Crippen LogP) is 0.309. The van der Waals surface area contributed by atoms with Crippen molar-refractivity contribution in [3.63, 3.8) is 0 Å². The number of rotatable bonds is 3. The Balaban J connectivity index is 0.000000490. The van der Waals surface area contributed by atoms with Crippen LogP contribution in [0.5, 0.6) is 0 Å². The maximum Gasteiger partial charge on any atom is 0.0556 e. The second-order valence-corrected chi connectivity index (χ2v) is 1.95. The Morgan fingerprint density at radius 1 is 1.50 bits per heavy atom. The summed E-state index contributed by atoms with van der Waals surface area (Å²) in [7, 11) is 0. The molecule has 1 rings (SSSR count). The molecule has 2 N–H and O–H groups in total. The van der Waals surface area contributed by atoms with Gasteiger partial charge < -0.3 is 10.4 Å². The van der Waals surface area contributed by atoms with Gasteiger partial charge in [0.1, 0.15) is 0 Å². The van der Waals surface area contributed by atoms with Crippen LogP contribution in [0.4, 0.5) is 0 Å².